The molecule has 0 bridgehead atoms. The Morgan fingerprint density at radius 3 is 2.80 bits per heavy atom. The largest absolute Gasteiger partial charge is 0.367 e. The lowest BCUT2D eigenvalue weighted by Crippen LogP contribution is -2.41. The number of hydrogen-bond acceptors (Lipinski definition) is 6. The van der Waals surface area contributed by atoms with Gasteiger partial charge in [-0.05, 0) is 12.8 Å². The zero-order chi connectivity index (χ0) is 17.1. The highest BCUT2D eigenvalue weighted by atomic mass is 16.1. The number of ketones is 1. The summed E-state index contributed by atoms with van der Waals surface area (Å²) in [5.41, 5.74) is 1.52. The van der Waals surface area contributed by atoms with Gasteiger partial charge in [-0.25, -0.2) is 9.97 Å². The molecule has 128 valence electrons. The standard InChI is InChI=1S/C18H20N6O/c25-16(13-4-2-1-3-5-13)11-24-8-6-14(7-9-24)22-17-15-10-21-23-18(15)20-12-19-17/h1-5,10,12,14H,6-9,11H2,(H2,19,20,21,22,23). The van der Waals surface area contributed by atoms with Crippen LogP contribution in [0.5, 0.6) is 0 Å². The fourth-order valence-electron chi connectivity index (χ4n) is 3.23. The van der Waals surface area contributed by atoms with E-state index in [0.29, 0.717) is 12.6 Å². The maximum atomic E-state index is 12.3. The molecule has 1 aliphatic rings. The number of rotatable bonds is 5. The SMILES string of the molecule is O=C(CN1CCC(Nc2ncnc3[nH]ncc23)CC1)c1ccccc1. The molecule has 0 amide bonds. The Kier molecular flexibility index (Phi) is 4.39. The second kappa shape index (κ2) is 6.98. The predicted octanol–water partition coefficient (Wildman–Crippen LogP) is 2.11. The summed E-state index contributed by atoms with van der Waals surface area (Å²) in [6.07, 6.45) is 5.23. The third kappa shape index (κ3) is 3.51. The van der Waals surface area contributed by atoms with E-state index in [9.17, 15) is 4.79 Å². The molecule has 0 unspecified atom stereocenters. The zero-order valence-electron chi connectivity index (χ0n) is 13.9. The van der Waals surface area contributed by atoms with Gasteiger partial charge in [0.15, 0.2) is 11.4 Å². The summed E-state index contributed by atoms with van der Waals surface area (Å²) in [5, 5.41) is 11.3. The summed E-state index contributed by atoms with van der Waals surface area (Å²) in [7, 11) is 0. The van der Waals surface area contributed by atoms with Crippen molar-refractivity contribution in [2.24, 2.45) is 0 Å². The smallest absolute Gasteiger partial charge is 0.176 e. The van der Waals surface area contributed by atoms with Crippen LogP contribution < -0.4 is 5.32 Å². The molecule has 1 fully saturated rings. The van der Waals surface area contributed by atoms with E-state index in [2.05, 4.69) is 30.4 Å². The molecular formula is C18H20N6O. The third-order valence-corrected chi connectivity index (χ3v) is 4.64. The number of aromatic nitrogens is 4. The molecule has 7 heteroatoms. The van der Waals surface area contributed by atoms with Gasteiger partial charge in [-0.3, -0.25) is 14.8 Å². The molecular weight excluding hydrogens is 316 g/mol. The van der Waals surface area contributed by atoms with Gasteiger partial charge in [-0.2, -0.15) is 5.10 Å². The summed E-state index contributed by atoms with van der Waals surface area (Å²) in [6, 6.07) is 9.83. The van der Waals surface area contributed by atoms with Crippen molar-refractivity contribution in [1.29, 1.82) is 0 Å². The first-order valence-electron chi connectivity index (χ1n) is 8.51. The van der Waals surface area contributed by atoms with Crippen LogP contribution in [0.2, 0.25) is 0 Å². The minimum atomic E-state index is 0.183. The van der Waals surface area contributed by atoms with E-state index in [1.54, 1.807) is 6.20 Å². The number of fused-ring (bicyclic) bond motifs is 1. The number of anilines is 1. The van der Waals surface area contributed by atoms with Crippen LogP contribution in [-0.2, 0) is 0 Å². The van der Waals surface area contributed by atoms with Gasteiger partial charge in [0.2, 0.25) is 0 Å². The van der Waals surface area contributed by atoms with E-state index in [1.165, 1.54) is 6.33 Å². The Labute approximate surface area is 145 Å². The first-order valence-corrected chi connectivity index (χ1v) is 8.51. The summed E-state index contributed by atoms with van der Waals surface area (Å²) >= 11 is 0. The van der Waals surface area contributed by atoms with Crippen molar-refractivity contribution in [3.05, 3.63) is 48.4 Å². The van der Waals surface area contributed by atoms with Gasteiger partial charge in [-0.15, -0.1) is 0 Å². The van der Waals surface area contributed by atoms with Crippen molar-refractivity contribution in [1.82, 2.24) is 25.1 Å². The topological polar surface area (TPSA) is 86.8 Å². The molecule has 0 spiro atoms. The molecule has 3 heterocycles. The van der Waals surface area contributed by atoms with Crippen LogP contribution in [0.3, 0.4) is 0 Å². The van der Waals surface area contributed by atoms with E-state index in [1.807, 2.05) is 30.3 Å². The number of piperidine rings is 1. The fraction of sp³-hybridized carbons (Fsp3) is 0.333. The highest BCUT2D eigenvalue weighted by Gasteiger charge is 2.22. The molecule has 2 aromatic heterocycles. The average molecular weight is 336 g/mol. The number of Topliss-reactive ketones (excluding diaryl/α,β-unsaturated/α-hetero) is 1. The number of carbonyl (C=O) groups is 1. The quantitative estimate of drug-likeness (QED) is 0.694. The Morgan fingerprint density at radius 2 is 2.00 bits per heavy atom. The lowest BCUT2D eigenvalue weighted by atomic mass is 10.0. The second-order valence-corrected chi connectivity index (χ2v) is 6.34. The first-order chi connectivity index (χ1) is 12.3. The van der Waals surface area contributed by atoms with E-state index < -0.39 is 0 Å². The molecule has 2 N–H and O–H groups in total. The molecule has 1 saturated heterocycles. The van der Waals surface area contributed by atoms with Crippen LogP contribution in [-0.4, -0.2) is 56.5 Å². The third-order valence-electron chi connectivity index (χ3n) is 4.64. The van der Waals surface area contributed by atoms with Crippen molar-refractivity contribution < 1.29 is 4.79 Å². The average Bonchev–Trinajstić information content (AvgIpc) is 3.14. The molecule has 0 atom stereocenters. The monoisotopic (exact) mass is 336 g/mol. The van der Waals surface area contributed by atoms with E-state index in [0.717, 1.165) is 48.3 Å². The van der Waals surface area contributed by atoms with Crippen molar-refractivity contribution in [3.63, 3.8) is 0 Å². The predicted molar refractivity (Wildman–Crippen MR) is 95.5 cm³/mol. The molecule has 1 aromatic carbocycles. The van der Waals surface area contributed by atoms with Gasteiger partial charge in [0.05, 0.1) is 18.1 Å². The van der Waals surface area contributed by atoms with Gasteiger partial charge in [0.25, 0.3) is 0 Å². The summed E-state index contributed by atoms with van der Waals surface area (Å²) in [6.45, 7) is 2.28. The van der Waals surface area contributed by atoms with Crippen LogP contribution in [0.1, 0.15) is 23.2 Å². The Bertz CT molecular complexity index is 854. The van der Waals surface area contributed by atoms with Gasteiger partial charge in [-0.1, -0.05) is 30.3 Å². The number of hydrogen-bond donors (Lipinski definition) is 2. The maximum absolute atomic E-state index is 12.3. The van der Waals surface area contributed by atoms with Crippen LogP contribution in [0, 0.1) is 0 Å². The number of nitrogens with zero attached hydrogens (tertiary/aromatic N) is 4. The van der Waals surface area contributed by atoms with Crippen molar-refractivity contribution in [2.75, 3.05) is 25.0 Å². The van der Waals surface area contributed by atoms with E-state index >= 15 is 0 Å². The first kappa shape index (κ1) is 15.7. The van der Waals surface area contributed by atoms with E-state index in [-0.39, 0.29) is 5.78 Å². The Balaban J connectivity index is 1.33. The summed E-state index contributed by atoms with van der Waals surface area (Å²) in [4.78, 5) is 23.0. The number of benzene rings is 1. The maximum Gasteiger partial charge on any atom is 0.176 e. The number of H-pyrrole nitrogens is 1. The fourth-order valence-corrected chi connectivity index (χ4v) is 3.23. The number of carbonyl (C=O) groups excluding carboxylic acids is 1. The van der Waals surface area contributed by atoms with Gasteiger partial charge in [0.1, 0.15) is 12.1 Å². The molecule has 25 heavy (non-hydrogen) atoms. The lowest BCUT2D eigenvalue weighted by molar-refractivity contribution is 0.0912. The van der Waals surface area contributed by atoms with Gasteiger partial charge in [0, 0.05) is 24.7 Å². The highest BCUT2D eigenvalue weighted by molar-refractivity contribution is 5.97. The molecule has 0 saturated carbocycles. The molecule has 0 aliphatic carbocycles. The lowest BCUT2D eigenvalue weighted by Gasteiger charge is -2.32. The Morgan fingerprint density at radius 1 is 1.20 bits per heavy atom. The zero-order valence-corrected chi connectivity index (χ0v) is 13.9. The Hall–Kier alpha value is -2.80. The van der Waals surface area contributed by atoms with Crippen LogP contribution >= 0.6 is 0 Å². The molecule has 1 aliphatic heterocycles. The van der Waals surface area contributed by atoms with Gasteiger partial charge >= 0.3 is 0 Å². The van der Waals surface area contributed by atoms with Crippen LogP contribution in [0.4, 0.5) is 5.82 Å². The molecule has 4 rings (SSSR count). The summed E-state index contributed by atoms with van der Waals surface area (Å²) in [5.74, 6) is 1.00. The normalized spacial score (nSPS) is 16.2. The number of nitrogens with one attached hydrogen (secondary N) is 2. The summed E-state index contributed by atoms with van der Waals surface area (Å²) < 4.78 is 0. The molecule has 3 aromatic rings. The van der Waals surface area contributed by atoms with Crippen molar-refractivity contribution in [3.8, 4) is 0 Å². The van der Waals surface area contributed by atoms with Crippen molar-refractivity contribution in [2.45, 2.75) is 18.9 Å². The van der Waals surface area contributed by atoms with E-state index in [4.69, 9.17) is 0 Å². The highest BCUT2D eigenvalue weighted by Crippen LogP contribution is 2.20. The molecule has 0 radical (unpaired) electrons. The number of aromatic amines is 1. The number of likely N-dealkylation sites (tertiary alicyclic amines) is 1. The van der Waals surface area contributed by atoms with Crippen LogP contribution in [0.25, 0.3) is 11.0 Å². The molecule has 7 nitrogen and oxygen atoms in total. The van der Waals surface area contributed by atoms with Crippen LogP contribution in [0.15, 0.2) is 42.9 Å². The second-order valence-electron chi connectivity index (χ2n) is 6.34. The van der Waals surface area contributed by atoms with Crippen molar-refractivity contribution >= 4 is 22.6 Å². The van der Waals surface area contributed by atoms with Gasteiger partial charge < -0.3 is 5.32 Å². The minimum Gasteiger partial charge on any atom is -0.367 e. The minimum absolute atomic E-state index is 0.183.